The fourth-order valence-electron chi connectivity index (χ4n) is 3.93. The molecule has 2 heterocycles. The van der Waals surface area contributed by atoms with E-state index in [1.54, 1.807) is 42.5 Å². The number of benzene rings is 2. The fourth-order valence-corrected chi connectivity index (χ4v) is 5.08. The Bertz CT molecular complexity index is 1470. The van der Waals surface area contributed by atoms with Crippen LogP contribution in [0.2, 0.25) is 5.02 Å². The van der Waals surface area contributed by atoms with Crippen molar-refractivity contribution in [3.63, 3.8) is 0 Å². The largest absolute Gasteiger partial charge is 0.495 e. The summed E-state index contributed by atoms with van der Waals surface area (Å²) in [5.74, 6) is 0.606. The molecule has 0 fully saturated rings. The van der Waals surface area contributed by atoms with Crippen molar-refractivity contribution in [1.82, 2.24) is 14.1 Å². The first-order chi connectivity index (χ1) is 16.3. The number of nitrogens with zero attached hydrogens (tertiary/aromatic N) is 3. The van der Waals surface area contributed by atoms with Gasteiger partial charge in [-0.1, -0.05) is 41.6 Å². The van der Waals surface area contributed by atoms with Gasteiger partial charge in [0.1, 0.15) is 5.75 Å². The van der Waals surface area contributed by atoms with Crippen LogP contribution in [0.15, 0.2) is 71.1 Å². The molecule has 2 aromatic carbocycles. The zero-order valence-electron chi connectivity index (χ0n) is 19.2. The van der Waals surface area contributed by atoms with Crippen LogP contribution in [-0.2, 0) is 6.54 Å². The lowest BCUT2D eigenvalue weighted by atomic mass is 10.2. The monoisotopic (exact) mass is 493 g/mol. The van der Waals surface area contributed by atoms with E-state index in [2.05, 4.69) is 11.1 Å². The van der Waals surface area contributed by atoms with E-state index >= 15 is 0 Å². The minimum Gasteiger partial charge on any atom is -0.495 e. The number of hydrogen-bond donors (Lipinski definition) is 0. The van der Waals surface area contributed by atoms with Crippen molar-refractivity contribution in [3.05, 3.63) is 93.5 Å². The number of thioether (sulfide) groups is 1. The Morgan fingerprint density at radius 1 is 1.21 bits per heavy atom. The molecule has 34 heavy (non-hydrogen) atoms. The van der Waals surface area contributed by atoms with Crippen LogP contribution >= 0.6 is 23.4 Å². The number of hydrogen-bond acceptors (Lipinski definition) is 5. The molecule has 0 amide bonds. The first-order valence-electron chi connectivity index (χ1n) is 10.6. The molecule has 4 aromatic rings. The van der Waals surface area contributed by atoms with Crippen molar-refractivity contribution in [3.8, 4) is 11.4 Å². The molecule has 6 nitrogen and oxygen atoms in total. The maximum atomic E-state index is 13.4. The van der Waals surface area contributed by atoms with Gasteiger partial charge in [0.2, 0.25) is 0 Å². The number of rotatable bonds is 8. The van der Waals surface area contributed by atoms with Crippen molar-refractivity contribution in [2.24, 2.45) is 0 Å². The standard InChI is InChI=1S/C26H24ClN3O3S/c1-5-12-29-16(2)13-20(17(29)3)23(31)15-34-26-28-22-9-7-6-8-19(22)25(32)30(26)18-10-11-24(33-4)21(27)14-18/h5-11,13-14H,1,12,15H2,2-4H3. The van der Waals surface area contributed by atoms with E-state index in [9.17, 15) is 9.59 Å². The predicted molar refractivity (Wildman–Crippen MR) is 138 cm³/mol. The summed E-state index contributed by atoms with van der Waals surface area (Å²) in [5, 5.41) is 1.28. The van der Waals surface area contributed by atoms with E-state index in [-0.39, 0.29) is 17.1 Å². The van der Waals surface area contributed by atoms with E-state index in [0.717, 1.165) is 11.4 Å². The molecule has 0 atom stereocenters. The quantitative estimate of drug-likeness (QED) is 0.138. The molecule has 0 aliphatic rings. The van der Waals surface area contributed by atoms with Crippen molar-refractivity contribution in [2.45, 2.75) is 25.5 Å². The molecule has 2 aromatic heterocycles. The highest BCUT2D eigenvalue weighted by Crippen LogP contribution is 2.29. The zero-order valence-corrected chi connectivity index (χ0v) is 20.7. The Labute approximate surface area is 206 Å². The predicted octanol–water partition coefficient (Wildman–Crippen LogP) is 5.63. The number of carbonyl (C=O) groups excluding carboxylic acids is 1. The Kier molecular flexibility index (Phi) is 6.95. The average molecular weight is 494 g/mol. The number of carbonyl (C=O) groups is 1. The number of fused-ring (bicyclic) bond motifs is 1. The van der Waals surface area contributed by atoms with Gasteiger partial charge < -0.3 is 9.30 Å². The van der Waals surface area contributed by atoms with Gasteiger partial charge in [0.25, 0.3) is 5.56 Å². The minimum atomic E-state index is -0.231. The number of methoxy groups -OCH3 is 1. The Morgan fingerprint density at radius 3 is 2.68 bits per heavy atom. The van der Waals surface area contributed by atoms with Crippen LogP contribution in [0.25, 0.3) is 16.6 Å². The molecule has 8 heteroatoms. The second-order valence-electron chi connectivity index (χ2n) is 7.77. The van der Waals surface area contributed by atoms with E-state index in [4.69, 9.17) is 21.3 Å². The van der Waals surface area contributed by atoms with Gasteiger partial charge >= 0.3 is 0 Å². The smallest absolute Gasteiger partial charge is 0.266 e. The molecule has 0 bridgehead atoms. The Morgan fingerprint density at radius 2 is 1.97 bits per heavy atom. The molecule has 0 N–H and O–H groups in total. The third kappa shape index (κ3) is 4.41. The minimum absolute atomic E-state index is 0.0323. The molecule has 0 spiro atoms. The highest BCUT2D eigenvalue weighted by Gasteiger charge is 2.19. The van der Waals surface area contributed by atoms with Crippen molar-refractivity contribution in [2.75, 3.05) is 12.9 Å². The van der Waals surface area contributed by atoms with Crippen molar-refractivity contribution >= 4 is 40.0 Å². The number of ether oxygens (including phenoxy) is 1. The van der Waals surface area contributed by atoms with E-state index < -0.39 is 0 Å². The number of aryl methyl sites for hydroxylation is 1. The van der Waals surface area contributed by atoms with E-state index in [0.29, 0.717) is 44.6 Å². The first-order valence-corrected chi connectivity index (χ1v) is 12.0. The maximum absolute atomic E-state index is 13.4. The van der Waals surface area contributed by atoms with Gasteiger partial charge in [0.15, 0.2) is 10.9 Å². The topological polar surface area (TPSA) is 66.1 Å². The molecule has 0 radical (unpaired) electrons. The lowest BCUT2D eigenvalue weighted by Crippen LogP contribution is -2.22. The van der Waals surface area contributed by atoms with Gasteiger partial charge in [-0.05, 0) is 50.2 Å². The van der Waals surface area contributed by atoms with Gasteiger partial charge in [-0.15, -0.1) is 6.58 Å². The summed E-state index contributed by atoms with van der Waals surface area (Å²) in [5.41, 5.74) is 3.45. The van der Waals surface area contributed by atoms with Crippen LogP contribution in [0.3, 0.4) is 0 Å². The molecule has 0 aliphatic heterocycles. The van der Waals surface area contributed by atoms with Crippen LogP contribution in [0, 0.1) is 13.8 Å². The third-order valence-corrected chi connectivity index (χ3v) is 6.89. The molecule has 0 saturated heterocycles. The summed E-state index contributed by atoms with van der Waals surface area (Å²) in [7, 11) is 1.53. The molecule has 0 saturated carbocycles. The normalized spacial score (nSPS) is 11.1. The average Bonchev–Trinajstić information content (AvgIpc) is 3.11. The summed E-state index contributed by atoms with van der Waals surface area (Å²) >= 11 is 7.56. The maximum Gasteiger partial charge on any atom is 0.266 e. The Balaban J connectivity index is 1.75. The molecule has 174 valence electrons. The summed E-state index contributed by atoms with van der Waals surface area (Å²) in [6.07, 6.45) is 1.81. The highest BCUT2D eigenvalue weighted by molar-refractivity contribution is 7.99. The highest BCUT2D eigenvalue weighted by atomic mass is 35.5. The van der Waals surface area contributed by atoms with Crippen molar-refractivity contribution in [1.29, 1.82) is 0 Å². The summed E-state index contributed by atoms with van der Waals surface area (Å²) in [6, 6.07) is 14.2. The lowest BCUT2D eigenvalue weighted by Gasteiger charge is -2.14. The van der Waals surface area contributed by atoms with Crippen LogP contribution in [0.5, 0.6) is 5.75 Å². The number of aromatic nitrogens is 3. The second kappa shape index (κ2) is 9.91. The van der Waals surface area contributed by atoms with Gasteiger partial charge in [-0.2, -0.15) is 0 Å². The van der Waals surface area contributed by atoms with Crippen LogP contribution in [0.1, 0.15) is 21.7 Å². The molecule has 4 rings (SSSR count). The number of para-hydroxylation sites is 1. The van der Waals surface area contributed by atoms with Gasteiger partial charge in [0.05, 0.1) is 34.5 Å². The summed E-state index contributed by atoms with van der Waals surface area (Å²) in [6.45, 7) is 8.33. The third-order valence-electron chi connectivity index (χ3n) is 5.66. The van der Waals surface area contributed by atoms with Crippen LogP contribution in [-0.4, -0.2) is 32.8 Å². The fraction of sp³-hybridized carbons (Fsp3) is 0.192. The number of allylic oxidation sites excluding steroid dienone is 1. The lowest BCUT2D eigenvalue weighted by molar-refractivity contribution is 0.102. The summed E-state index contributed by atoms with van der Waals surface area (Å²) in [4.78, 5) is 31.3. The van der Waals surface area contributed by atoms with Crippen LogP contribution in [0.4, 0.5) is 0 Å². The SMILES string of the molecule is C=CCn1c(C)cc(C(=O)CSc2nc3ccccc3c(=O)n2-c2ccc(OC)c(Cl)c2)c1C. The van der Waals surface area contributed by atoms with Gasteiger partial charge in [-0.25, -0.2) is 4.98 Å². The number of Topliss-reactive ketones (excluding diaryl/α,β-unsaturated/α-hetero) is 1. The molecule has 0 aliphatic carbocycles. The number of halogens is 1. The first kappa shape index (κ1) is 23.9. The Hall–Kier alpha value is -3.29. The molecular weight excluding hydrogens is 470 g/mol. The van der Waals surface area contributed by atoms with E-state index in [1.165, 1.54) is 23.4 Å². The van der Waals surface area contributed by atoms with E-state index in [1.807, 2.05) is 26.0 Å². The van der Waals surface area contributed by atoms with Crippen molar-refractivity contribution < 1.29 is 9.53 Å². The summed E-state index contributed by atoms with van der Waals surface area (Å²) < 4.78 is 8.78. The second-order valence-corrected chi connectivity index (χ2v) is 9.12. The zero-order chi connectivity index (χ0) is 24.4. The number of ketones is 1. The molecule has 0 unspecified atom stereocenters. The molecular formula is C26H24ClN3O3S. The van der Waals surface area contributed by atoms with Gasteiger partial charge in [-0.3, -0.25) is 14.2 Å². The van der Waals surface area contributed by atoms with Gasteiger partial charge in [0, 0.05) is 23.5 Å². The van der Waals surface area contributed by atoms with Crippen LogP contribution < -0.4 is 10.3 Å².